The van der Waals surface area contributed by atoms with Crippen LogP contribution >= 0.6 is 0 Å². The Labute approximate surface area is 197 Å². The normalized spacial score (nSPS) is 36.3. The monoisotopic (exact) mass is 453 g/mol. The third kappa shape index (κ3) is 7.67. The average Bonchev–Trinajstić information content (AvgIpc) is 2.80. The first-order valence-electron chi connectivity index (χ1n) is 14.3. The first kappa shape index (κ1) is 26.4. The Kier molecular flexibility index (Phi) is 11.3. The molecule has 187 valence electrons. The topological polar surface area (TPSA) is 9.23 Å². The van der Waals surface area contributed by atoms with Crippen LogP contribution in [0.5, 0.6) is 0 Å². The van der Waals surface area contributed by atoms with Gasteiger partial charge in [0, 0.05) is 0 Å². The van der Waals surface area contributed by atoms with Gasteiger partial charge in [0.2, 0.25) is 0 Å². The van der Waals surface area contributed by atoms with E-state index in [1.54, 1.807) is 0 Å². The van der Waals surface area contributed by atoms with Crippen LogP contribution in [0.15, 0.2) is 0 Å². The summed E-state index contributed by atoms with van der Waals surface area (Å²) in [5, 5.41) is 0. The summed E-state index contributed by atoms with van der Waals surface area (Å²) in [4.78, 5) is 0. The molecule has 3 aliphatic carbocycles. The third-order valence-electron chi connectivity index (χ3n) is 9.09. The summed E-state index contributed by atoms with van der Waals surface area (Å²) in [5.74, 6) is 4.35. The zero-order valence-electron chi connectivity index (χ0n) is 21.3. The highest BCUT2D eigenvalue weighted by Crippen LogP contribution is 2.47. The standard InChI is InChI=1S/C29H51F2O/c1-4-6-7-8-10-21(3)32-29-27(30)19-26(20-28(29)31)25-17-15-24(16-18-25)23-13-11-22(9-5-2)12-14-23/h21-24,26-29H,4-20H2,1-3H3. The molecule has 3 unspecified atom stereocenters. The molecule has 1 nitrogen and oxygen atoms in total. The van der Waals surface area contributed by atoms with Crippen molar-refractivity contribution in [2.24, 2.45) is 23.7 Å². The van der Waals surface area contributed by atoms with Crippen molar-refractivity contribution in [2.45, 2.75) is 154 Å². The molecule has 32 heavy (non-hydrogen) atoms. The maximum absolute atomic E-state index is 15.0. The molecular formula is C29H51F2O. The Morgan fingerprint density at radius 2 is 1.44 bits per heavy atom. The molecule has 3 atom stereocenters. The molecule has 3 fully saturated rings. The van der Waals surface area contributed by atoms with Gasteiger partial charge in [-0.3, -0.25) is 0 Å². The molecule has 0 aromatic heterocycles. The van der Waals surface area contributed by atoms with E-state index in [4.69, 9.17) is 4.74 Å². The van der Waals surface area contributed by atoms with Crippen molar-refractivity contribution in [3.63, 3.8) is 0 Å². The number of rotatable bonds is 11. The van der Waals surface area contributed by atoms with Crippen LogP contribution in [-0.4, -0.2) is 24.6 Å². The van der Waals surface area contributed by atoms with Gasteiger partial charge in [-0.1, -0.05) is 65.2 Å². The summed E-state index contributed by atoms with van der Waals surface area (Å²) in [6.45, 7) is 6.50. The molecule has 1 radical (unpaired) electrons. The van der Waals surface area contributed by atoms with Gasteiger partial charge in [-0.25, -0.2) is 8.78 Å². The van der Waals surface area contributed by atoms with E-state index in [-0.39, 0.29) is 12.0 Å². The first-order chi connectivity index (χ1) is 15.5. The molecule has 0 saturated heterocycles. The zero-order valence-corrected chi connectivity index (χ0v) is 21.3. The summed E-state index contributed by atoms with van der Waals surface area (Å²) in [6.07, 6.45) is 16.6. The smallest absolute Gasteiger partial charge is 0.129 e. The van der Waals surface area contributed by atoms with Crippen molar-refractivity contribution in [1.82, 2.24) is 0 Å². The van der Waals surface area contributed by atoms with Crippen LogP contribution in [-0.2, 0) is 4.74 Å². The highest BCUT2D eigenvalue weighted by molar-refractivity contribution is 5.05. The Morgan fingerprint density at radius 3 is 2.03 bits per heavy atom. The molecule has 0 bridgehead atoms. The van der Waals surface area contributed by atoms with Crippen LogP contribution < -0.4 is 0 Å². The van der Waals surface area contributed by atoms with Crippen LogP contribution in [0.1, 0.15) is 130 Å². The Balaban J connectivity index is 1.38. The average molecular weight is 454 g/mol. The second kappa shape index (κ2) is 13.6. The van der Waals surface area contributed by atoms with Gasteiger partial charge in [0.05, 0.1) is 6.10 Å². The molecule has 3 aliphatic rings. The fourth-order valence-electron chi connectivity index (χ4n) is 7.08. The van der Waals surface area contributed by atoms with Crippen LogP contribution in [0.2, 0.25) is 0 Å². The third-order valence-corrected chi connectivity index (χ3v) is 9.09. The van der Waals surface area contributed by atoms with Gasteiger partial charge in [-0.15, -0.1) is 0 Å². The molecule has 0 amide bonds. The minimum Gasteiger partial charge on any atom is -0.369 e. The fraction of sp³-hybridized carbons (Fsp3) is 0.966. The fourth-order valence-corrected chi connectivity index (χ4v) is 7.08. The van der Waals surface area contributed by atoms with Gasteiger partial charge in [-0.2, -0.15) is 0 Å². The van der Waals surface area contributed by atoms with Crippen molar-refractivity contribution < 1.29 is 13.5 Å². The van der Waals surface area contributed by atoms with Gasteiger partial charge in [-0.05, 0) is 94.3 Å². The van der Waals surface area contributed by atoms with Crippen molar-refractivity contribution in [3.05, 3.63) is 5.92 Å². The second-order valence-electron chi connectivity index (χ2n) is 11.5. The number of unbranched alkanes of at least 4 members (excludes halogenated alkanes) is 3. The molecule has 0 aromatic rings. The minimum atomic E-state index is -1.15. The van der Waals surface area contributed by atoms with E-state index >= 15 is 0 Å². The maximum Gasteiger partial charge on any atom is 0.129 e. The summed E-state index contributed by atoms with van der Waals surface area (Å²) < 4.78 is 35.9. The number of alkyl halides is 2. The van der Waals surface area contributed by atoms with E-state index in [1.165, 1.54) is 76.5 Å². The lowest BCUT2D eigenvalue weighted by molar-refractivity contribution is -0.111. The number of ether oxygens (including phenoxy) is 1. The van der Waals surface area contributed by atoms with E-state index < -0.39 is 18.4 Å². The SMILES string of the molecule is CCCCCCC(C)OC1C(F)CC([C]2CCC(C3CCC(CCC)CC3)CC2)CC1F. The van der Waals surface area contributed by atoms with Crippen molar-refractivity contribution in [2.75, 3.05) is 0 Å². The van der Waals surface area contributed by atoms with Crippen LogP contribution in [0.4, 0.5) is 8.78 Å². The number of hydrogen-bond donors (Lipinski definition) is 0. The van der Waals surface area contributed by atoms with Crippen LogP contribution in [0, 0.1) is 29.6 Å². The predicted octanol–water partition coefficient (Wildman–Crippen LogP) is 9.19. The van der Waals surface area contributed by atoms with Crippen molar-refractivity contribution >= 4 is 0 Å². The summed E-state index contributed by atoms with van der Waals surface area (Å²) in [6, 6.07) is 0. The van der Waals surface area contributed by atoms with E-state index in [2.05, 4.69) is 13.8 Å². The lowest BCUT2D eigenvalue weighted by Crippen LogP contribution is -2.45. The quantitative estimate of drug-likeness (QED) is 0.283. The highest BCUT2D eigenvalue weighted by Gasteiger charge is 2.43. The number of halogens is 2. The predicted molar refractivity (Wildman–Crippen MR) is 131 cm³/mol. The molecule has 0 N–H and O–H groups in total. The molecule has 0 aromatic carbocycles. The summed E-state index contributed by atoms with van der Waals surface area (Å²) >= 11 is 0. The van der Waals surface area contributed by atoms with E-state index in [9.17, 15) is 8.78 Å². The van der Waals surface area contributed by atoms with Gasteiger partial charge >= 0.3 is 0 Å². The van der Waals surface area contributed by atoms with Crippen molar-refractivity contribution in [3.8, 4) is 0 Å². The highest BCUT2D eigenvalue weighted by atomic mass is 19.1. The van der Waals surface area contributed by atoms with Gasteiger partial charge < -0.3 is 4.74 Å². The Hall–Kier alpha value is -0.180. The molecule has 0 heterocycles. The van der Waals surface area contributed by atoms with E-state index in [0.717, 1.165) is 43.4 Å². The Morgan fingerprint density at radius 1 is 0.812 bits per heavy atom. The molecule has 0 aliphatic heterocycles. The largest absolute Gasteiger partial charge is 0.369 e. The van der Waals surface area contributed by atoms with Gasteiger partial charge in [0.1, 0.15) is 18.4 Å². The minimum absolute atomic E-state index is 0.0413. The van der Waals surface area contributed by atoms with E-state index in [1.807, 2.05) is 6.92 Å². The number of hydrogen-bond acceptors (Lipinski definition) is 1. The second-order valence-corrected chi connectivity index (χ2v) is 11.5. The van der Waals surface area contributed by atoms with Crippen LogP contribution in [0.3, 0.4) is 0 Å². The lowest BCUT2D eigenvalue weighted by Gasteiger charge is -2.43. The zero-order chi connectivity index (χ0) is 22.9. The van der Waals surface area contributed by atoms with E-state index in [0.29, 0.717) is 12.8 Å². The summed E-state index contributed by atoms with van der Waals surface area (Å²) in [5.41, 5.74) is 0. The molecule has 0 spiro atoms. The molecule has 3 heteroatoms. The molecule has 3 rings (SSSR count). The lowest BCUT2D eigenvalue weighted by atomic mass is 9.65. The summed E-state index contributed by atoms with van der Waals surface area (Å²) in [7, 11) is 0. The van der Waals surface area contributed by atoms with Crippen LogP contribution in [0.25, 0.3) is 0 Å². The first-order valence-corrected chi connectivity index (χ1v) is 14.3. The van der Waals surface area contributed by atoms with Crippen molar-refractivity contribution in [1.29, 1.82) is 0 Å². The van der Waals surface area contributed by atoms with Gasteiger partial charge in [0.15, 0.2) is 0 Å². The van der Waals surface area contributed by atoms with Gasteiger partial charge in [0.25, 0.3) is 0 Å². The Bertz CT molecular complexity index is 483. The molecule has 3 saturated carbocycles. The maximum atomic E-state index is 15.0. The molecular weight excluding hydrogens is 402 g/mol.